The van der Waals surface area contributed by atoms with Gasteiger partial charge in [-0.2, -0.15) is 0 Å². The van der Waals surface area contributed by atoms with E-state index < -0.39 is 5.97 Å². The number of rotatable bonds is 6. The predicted molar refractivity (Wildman–Crippen MR) is 151 cm³/mol. The van der Waals surface area contributed by atoms with E-state index in [0.717, 1.165) is 42.3 Å². The number of nitrogens with zero attached hydrogens (tertiary/aromatic N) is 5. The molecule has 1 N–H and O–H groups in total. The van der Waals surface area contributed by atoms with Crippen LogP contribution < -0.4 is 4.90 Å². The van der Waals surface area contributed by atoms with Crippen LogP contribution in [-0.2, 0) is 11.3 Å². The van der Waals surface area contributed by atoms with E-state index in [-0.39, 0.29) is 11.7 Å². The zero-order chi connectivity index (χ0) is 26.9. The molecule has 0 spiro atoms. The van der Waals surface area contributed by atoms with Crippen LogP contribution in [0.5, 0.6) is 0 Å². The van der Waals surface area contributed by atoms with Gasteiger partial charge in [-0.1, -0.05) is 61.7 Å². The molecule has 9 heteroatoms. The van der Waals surface area contributed by atoms with Gasteiger partial charge < -0.3 is 19.3 Å². The van der Waals surface area contributed by atoms with E-state index in [1.165, 1.54) is 12.8 Å². The highest BCUT2D eigenvalue weighted by Crippen LogP contribution is 2.38. The van der Waals surface area contributed by atoms with E-state index in [2.05, 4.69) is 38.5 Å². The van der Waals surface area contributed by atoms with Crippen molar-refractivity contribution in [2.75, 3.05) is 24.7 Å². The highest BCUT2D eigenvalue weighted by atomic mass is 35.5. The van der Waals surface area contributed by atoms with Crippen LogP contribution in [0.25, 0.3) is 22.4 Å². The maximum atomic E-state index is 12.1. The highest BCUT2D eigenvalue weighted by Gasteiger charge is 2.32. The summed E-state index contributed by atoms with van der Waals surface area (Å²) in [4.78, 5) is 28.6. The third-order valence-electron chi connectivity index (χ3n) is 8.04. The molecule has 0 radical (unpaired) electrons. The summed E-state index contributed by atoms with van der Waals surface area (Å²) in [7, 11) is 0. The summed E-state index contributed by atoms with van der Waals surface area (Å²) in [5.74, 6) is 0.965. The van der Waals surface area contributed by atoms with E-state index in [4.69, 9.17) is 21.3 Å². The second kappa shape index (κ2) is 10.9. The van der Waals surface area contributed by atoms with Gasteiger partial charge in [-0.25, -0.2) is 14.8 Å². The molecule has 1 saturated heterocycles. The van der Waals surface area contributed by atoms with Crippen molar-refractivity contribution in [3.8, 4) is 11.4 Å². The standard InChI is InChI=1S/C30H32ClN5O3/c1-19-7-9-20(10-8-19)17-36-28-24(15-25(29(37)38)33-27(28)23-12-11-22(31)16-32-23)34-30(36)35-13-14-39-18-26(35)21-5-3-2-4-6-21/h2-6,11-12,15-16,19-20,26H,7-10,13-14,17-18H2,1H3,(H,37,38)/t19-,20-,26-/m0/s1. The lowest BCUT2D eigenvalue weighted by Gasteiger charge is -2.37. The lowest BCUT2D eigenvalue weighted by atomic mass is 9.83. The van der Waals surface area contributed by atoms with E-state index in [1.807, 2.05) is 18.2 Å². The molecule has 1 aliphatic heterocycles. The maximum absolute atomic E-state index is 12.1. The summed E-state index contributed by atoms with van der Waals surface area (Å²) in [5, 5.41) is 10.4. The number of carboxylic acid groups (broad SMARTS) is 1. The van der Waals surface area contributed by atoms with Crippen molar-refractivity contribution < 1.29 is 14.6 Å². The van der Waals surface area contributed by atoms with Gasteiger partial charge in [-0.3, -0.25) is 4.98 Å². The van der Waals surface area contributed by atoms with Gasteiger partial charge in [0.25, 0.3) is 0 Å². The zero-order valence-corrected chi connectivity index (χ0v) is 22.7. The minimum Gasteiger partial charge on any atom is -0.477 e. The molecule has 2 fully saturated rings. The van der Waals surface area contributed by atoms with Gasteiger partial charge in [0.1, 0.15) is 5.69 Å². The number of fused-ring (bicyclic) bond motifs is 1. The molecule has 4 aromatic rings. The number of aromatic carboxylic acids is 1. The Kier molecular flexibility index (Phi) is 7.23. The first-order valence-electron chi connectivity index (χ1n) is 13.6. The number of hydrogen-bond acceptors (Lipinski definition) is 6. The van der Waals surface area contributed by atoms with E-state index in [0.29, 0.717) is 47.6 Å². The molecular formula is C30H32ClN5O3. The fraction of sp³-hybridized carbons (Fsp3) is 0.400. The van der Waals surface area contributed by atoms with Gasteiger partial charge in [0.2, 0.25) is 5.95 Å². The molecule has 39 heavy (non-hydrogen) atoms. The fourth-order valence-corrected chi connectivity index (χ4v) is 6.02. The number of aromatic nitrogens is 4. The number of morpholine rings is 1. The van der Waals surface area contributed by atoms with Gasteiger partial charge in [0.15, 0.2) is 5.69 Å². The third-order valence-corrected chi connectivity index (χ3v) is 8.26. The van der Waals surface area contributed by atoms with Gasteiger partial charge >= 0.3 is 5.97 Å². The fourth-order valence-electron chi connectivity index (χ4n) is 5.90. The normalized spacial score (nSPS) is 21.8. The topological polar surface area (TPSA) is 93.4 Å². The minimum absolute atomic E-state index is 0.00843. The van der Waals surface area contributed by atoms with Crippen molar-refractivity contribution in [3.05, 3.63) is 71.0 Å². The van der Waals surface area contributed by atoms with Crippen LogP contribution in [0.4, 0.5) is 5.95 Å². The monoisotopic (exact) mass is 545 g/mol. The summed E-state index contributed by atoms with van der Waals surface area (Å²) in [6.45, 7) is 4.94. The van der Waals surface area contributed by atoms with Crippen LogP contribution in [0, 0.1) is 11.8 Å². The molecule has 0 bridgehead atoms. The smallest absolute Gasteiger partial charge is 0.354 e. The molecule has 1 aliphatic carbocycles. The summed E-state index contributed by atoms with van der Waals surface area (Å²) in [6, 6.07) is 15.5. The lowest BCUT2D eigenvalue weighted by molar-refractivity contribution is 0.0691. The van der Waals surface area contributed by atoms with Gasteiger partial charge in [0.05, 0.1) is 41.0 Å². The molecule has 8 nitrogen and oxygen atoms in total. The summed E-state index contributed by atoms with van der Waals surface area (Å²) < 4.78 is 8.19. The number of benzene rings is 1. The molecule has 0 amide bonds. The molecule has 1 aromatic carbocycles. The third kappa shape index (κ3) is 5.23. The first-order chi connectivity index (χ1) is 19.0. The Morgan fingerprint density at radius 1 is 1.10 bits per heavy atom. The molecule has 1 saturated carbocycles. The number of ether oxygens (including phenoxy) is 1. The average Bonchev–Trinajstić information content (AvgIpc) is 3.32. The number of carboxylic acids is 1. The summed E-state index contributed by atoms with van der Waals surface area (Å²) >= 11 is 6.14. The van der Waals surface area contributed by atoms with Gasteiger partial charge in [-0.15, -0.1) is 0 Å². The Morgan fingerprint density at radius 3 is 2.62 bits per heavy atom. The lowest BCUT2D eigenvalue weighted by Crippen LogP contribution is -2.41. The van der Waals surface area contributed by atoms with Crippen LogP contribution in [0.2, 0.25) is 5.02 Å². The van der Waals surface area contributed by atoms with Crippen LogP contribution in [0.1, 0.15) is 54.7 Å². The van der Waals surface area contributed by atoms with Crippen molar-refractivity contribution in [3.63, 3.8) is 0 Å². The van der Waals surface area contributed by atoms with E-state index >= 15 is 0 Å². The number of anilines is 1. The first kappa shape index (κ1) is 25.8. The Morgan fingerprint density at radius 2 is 1.90 bits per heavy atom. The summed E-state index contributed by atoms with van der Waals surface area (Å²) in [5.41, 5.74) is 3.59. The van der Waals surface area contributed by atoms with Gasteiger partial charge in [0, 0.05) is 19.3 Å². The minimum atomic E-state index is -1.10. The maximum Gasteiger partial charge on any atom is 0.354 e. The number of pyridine rings is 2. The van der Waals surface area contributed by atoms with Crippen molar-refractivity contribution in [1.82, 2.24) is 19.5 Å². The predicted octanol–water partition coefficient (Wildman–Crippen LogP) is 6.25. The summed E-state index contributed by atoms with van der Waals surface area (Å²) in [6.07, 6.45) is 6.30. The van der Waals surface area contributed by atoms with E-state index in [9.17, 15) is 9.90 Å². The van der Waals surface area contributed by atoms with Crippen LogP contribution >= 0.6 is 11.6 Å². The van der Waals surface area contributed by atoms with Crippen LogP contribution in [0.15, 0.2) is 54.7 Å². The number of imidazole rings is 1. The molecule has 1 atom stereocenters. The quantitative estimate of drug-likeness (QED) is 0.306. The Balaban J connectivity index is 1.55. The van der Waals surface area contributed by atoms with E-state index in [1.54, 1.807) is 24.4 Å². The largest absolute Gasteiger partial charge is 0.477 e. The molecule has 6 rings (SSSR count). The second-order valence-corrected chi connectivity index (χ2v) is 11.2. The zero-order valence-electron chi connectivity index (χ0n) is 22.0. The highest BCUT2D eigenvalue weighted by molar-refractivity contribution is 6.30. The molecule has 4 heterocycles. The van der Waals surface area contributed by atoms with Crippen molar-refractivity contribution in [2.24, 2.45) is 11.8 Å². The van der Waals surface area contributed by atoms with Gasteiger partial charge in [-0.05, 0) is 48.4 Å². The Bertz CT molecular complexity index is 1470. The van der Waals surface area contributed by atoms with Crippen molar-refractivity contribution in [2.45, 2.75) is 45.2 Å². The molecule has 3 aromatic heterocycles. The SMILES string of the molecule is C[C@H]1CC[C@H](Cn2c(N3CCOC[C@H]3c3ccccc3)nc3cc(C(=O)O)nc(-c4ccc(Cl)cn4)c32)CC1. The van der Waals surface area contributed by atoms with Crippen molar-refractivity contribution >= 4 is 34.6 Å². The molecule has 0 unspecified atom stereocenters. The first-order valence-corrected chi connectivity index (χ1v) is 14.0. The number of hydrogen-bond donors (Lipinski definition) is 1. The van der Waals surface area contributed by atoms with Crippen molar-refractivity contribution in [1.29, 1.82) is 0 Å². The average molecular weight is 546 g/mol. The number of halogens is 1. The molecular weight excluding hydrogens is 514 g/mol. The molecule has 2 aliphatic rings. The second-order valence-electron chi connectivity index (χ2n) is 10.7. The molecule has 202 valence electrons. The Hall–Kier alpha value is -3.49. The van der Waals surface area contributed by atoms with Crippen LogP contribution in [-0.4, -0.2) is 50.4 Å². The Labute approximate surface area is 232 Å². The van der Waals surface area contributed by atoms with Crippen LogP contribution in [0.3, 0.4) is 0 Å². The number of carbonyl (C=O) groups is 1.